The molecular formula is C10H7ClOPS+. The van der Waals surface area contributed by atoms with Crippen LogP contribution >= 0.6 is 17.5 Å². The molecule has 2 aromatic rings. The fourth-order valence-electron chi connectivity index (χ4n) is 1.35. The number of benzene rings is 2. The first-order chi connectivity index (χ1) is 6.77. The fraction of sp³-hybridized carbons (Fsp3) is 0. The normalized spacial score (nSPS) is 11.4. The highest BCUT2D eigenvalue weighted by molar-refractivity contribution is 8.15. The molecule has 0 saturated heterocycles. The van der Waals surface area contributed by atoms with E-state index < -0.39 is 6.28 Å². The van der Waals surface area contributed by atoms with Gasteiger partial charge in [-0.15, -0.1) is 0 Å². The molecule has 2 rings (SSSR count). The maximum atomic E-state index is 5.67. The monoisotopic (exact) mass is 241 g/mol. The Kier molecular flexibility index (Phi) is 2.97. The van der Waals surface area contributed by atoms with Gasteiger partial charge in [0, 0.05) is 5.39 Å². The SMILES string of the molecule is S=[P+](Cl)Oc1cccc2ccccc12. The summed E-state index contributed by atoms with van der Waals surface area (Å²) in [6.45, 7) is 0. The minimum Gasteiger partial charge on any atom is -0.260 e. The Balaban J connectivity index is 2.59. The molecule has 0 aliphatic heterocycles. The van der Waals surface area contributed by atoms with Crippen LogP contribution in [-0.4, -0.2) is 0 Å². The lowest BCUT2D eigenvalue weighted by molar-refractivity contribution is 0.648. The second-order valence-electron chi connectivity index (χ2n) is 2.78. The summed E-state index contributed by atoms with van der Waals surface area (Å²) in [5.41, 5.74) is 0. The predicted molar refractivity (Wildman–Crippen MR) is 64.7 cm³/mol. The van der Waals surface area contributed by atoms with Crippen LogP contribution in [0.25, 0.3) is 10.8 Å². The van der Waals surface area contributed by atoms with Gasteiger partial charge in [0.05, 0.1) is 0 Å². The van der Waals surface area contributed by atoms with E-state index in [1.54, 1.807) is 0 Å². The Morgan fingerprint density at radius 3 is 2.57 bits per heavy atom. The zero-order chi connectivity index (χ0) is 9.97. The summed E-state index contributed by atoms with van der Waals surface area (Å²) >= 11 is 10.5. The molecule has 0 amide bonds. The second-order valence-corrected chi connectivity index (χ2v) is 5.91. The molecule has 0 spiro atoms. The molecule has 0 N–H and O–H groups in total. The Bertz CT molecular complexity index is 481. The van der Waals surface area contributed by atoms with Gasteiger partial charge < -0.3 is 0 Å². The van der Waals surface area contributed by atoms with Crippen molar-refractivity contribution in [2.75, 3.05) is 0 Å². The molecule has 0 aliphatic carbocycles. The molecule has 0 bridgehead atoms. The summed E-state index contributed by atoms with van der Waals surface area (Å²) in [5, 5.41) is 2.18. The summed E-state index contributed by atoms with van der Waals surface area (Å²) in [4.78, 5) is 0. The summed E-state index contributed by atoms with van der Waals surface area (Å²) in [6.07, 6.45) is -1.29. The quantitative estimate of drug-likeness (QED) is 0.728. The average Bonchev–Trinajstić information content (AvgIpc) is 2.18. The van der Waals surface area contributed by atoms with Crippen LogP contribution in [0, 0.1) is 0 Å². The zero-order valence-electron chi connectivity index (χ0n) is 7.18. The van der Waals surface area contributed by atoms with E-state index in [-0.39, 0.29) is 0 Å². The van der Waals surface area contributed by atoms with E-state index >= 15 is 0 Å². The Morgan fingerprint density at radius 2 is 1.79 bits per heavy atom. The third-order valence-electron chi connectivity index (χ3n) is 1.92. The van der Waals surface area contributed by atoms with Gasteiger partial charge >= 0.3 is 6.28 Å². The van der Waals surface area contributed by atoms with Crippen molar-refractivity contribution < 1.29 is 4.52 Å². The van der Waals surface area contributed by atoms with Gasteiger partial charge in [-0.2, -0.15) is 0 Å². The van der Waals surface area contributed by atoms with E-state index in [0.717, 1.165) is 16.5 Å². The zero-order valence-corrected chi connectivity index (χ0v) is 9.65. The van der Waals surface area contributed by atoms with E-state index in [4.69, 9.17) is 27.6 Å². The topological polar surface area (TPSA) is 9.23 Å². The molecular weight excluding hydrogens is 235 g/mol. The third-order valence-corrected chi connectivity index (χ3v) is 2.69. The maximum absolute atomic E-state index is 5.67. The Hall–Kier alpha value is -0.690. The van der Waals surface area contributed by atoms with E-state index in [0.29, 0.717) is 0 Å². The van der Waals surface area contributed by atoms with Crippen molar-refractivity contribution in [1.82, 2.24) is 0 Å². The van der Waals surface area contributed by atoms with Gasteiger partial charge in [0.2, 0.25) is 23.0 Å². The summed E-state index contributed by atoms with van der Waals surface area (Å²) < 4.78 is 5.37. The minimum atomic E-state index is -1.29. The van der Waals surface area contributed by atoms with Crippen LogP contribution in [0.15, 0.2) is 42.5 Å². The highest BCUT2D eigenvalue weighted by atomic mass is 35.7. The number of rotatable bonds is 2. The van der Waals surface area contributed by atoms with Crippen LogP contribution in [0.3, 0.4) is 0 Å². The van der Waals surface area contributed by atoms with Crippen molar-refractivity contribution in [1.29, 1.82) is 0 Å². The van der Waals surface area contributed by atoms with Gasteiger partial charge in [-0.25, -0.2) is 0 Å². The van der Waals surface area contributed by atoms with Crippen LogP contribution < -0.4 is 4.52 Å². The molecule has 1 nitrogen and oxygen atoms in total. The van der Waals surface area contributed by atoms with E-state index in [1.807, 2.05) is 42.5 Å². The molecule has 2 aromatic carbocycles. The van der Waals surface area contributed by atoms with Crippen LogP contribution in [0.4, 0.5) is 0 Å². The molecule has 0 heterocycles. The van der Waals surface area contributed by atoms with Gasteiger partial charge in [-0.3, -0.25) is 4.52 Å². The maximum Gasteiger partial charge on any atom is 0.511 e. The lowest BCUT2D eigenvalue weighted by Gasteiger charge is -1.99. The summed E-state index contributed by atoms with van der Waals surface area (Å²) in [6, 6.07) is 13.8. The van der Waals surface area contributed by atoms with Gasteiger partial charge in [0.1, 0.15) is 0 Å². The molecule has 1 atom stereocenters. The van der Waals surface area contributed by atoms with Gasteiger partial charge in [0.15, 0.2) is 5.75 Å². The second kappa shape index (κ2) is 4.22. The summed E-state index contributed by atoms with van der Waals surface area (Å²) in [7, 11) is 0. The lowest BCUT2D eigenvalue weighted by atomic mass is 10.1. The highest BCUT2D eigenvalue weighted by Gasteiger charge is 2.11. The first-order valence-corrected chi connectivity index (χ1v) is 7.24. The van der Waals surface area contributed by atoms with Crippen LogP contribution in [0.5, 0.6) is 5.75 Å². The summed E-state index contributed by atoms with van der Waals surface area (Å²) in [5.74, 6) is 0.763. The van der Waals surface area contributed by atoms with E-state index in [2.05, 4.69) is 0 Å². The molecule has 0 saturated carbocycles. The van der Waals surface area contributed by atoms with Crippen molar-refractivity contribution >= 4 is 40.1 Å². The van der Waals surface area contributed by atoms with Crippen molar-refractivity contribution in [3.05, 3.63) is 42.5 Å². The Morgan fingerprint density at radius 1 is 1.07 bits per heavy atom. The van der Waals surface area contributed by atoms with Crippen LogP contribution in [-0.2, 0) is 11.8 Å². The predicted octanol–water partition coefficient (Wildman–Crippen LogP) is 4.23. The molecule has 14 heavy (non-hydrogen) atoms. The van der Waals surface area contributed by atoms with Crippen molar-refractivity contribution in [2.45, 2.75) is 0 Å². The molecule has 70 valence electrons. The minimum absolute atomic E-state index is 0.763. The fourth-order valence-corrected chi connectivity index (χ4v) is 2.13. The lowest BCUT2D eigenvalue weighted by Crippen LogP contribution is -1.79. The molecule has 0 fully saturated rings. The van der Waals surface area contributed by atoms with Crippen LogP contribution in [0.2, 0.25) is 0 Å². The van der Waals surface area contributed by atoms with Crippen molar-refractivity contribution in [3.8, 4) is 5.75 Å². The smallest absolute Gasteiger partial charge is 0.260 e. The largest absolute Gasteiger partial charge is 0.511 e. The molecule has 1 unspecified atom stereocenters. The van der Waals surface area contributed by atoms with E-state index in [9.17, 15) is 0 Å². The Labute approximate surface area is 92.9 Å². The standard InChI is InChI=1S/C10H7ClOPS/c11-13(14)12-10-7-3-5-8-4-1-2-6-9(8)10/h1-7H/q+1. The van der Waals surface area contributed by atoms with Crippen LogP contribution in [0.1, 0.15) is 0 Å². The van der Waals surface area contributed by atoms with Gasteiger partial charge in [0.25, 0.3) is 0 Å². The molecule has 0 aromatic heterocycles. The number of hydrogen-bond donors (Lipinski definition) is 0. The first kappa shape index (κ1) is 9.85. The number of fused-ring (bicyclic) bond motifs is 1. The average molecular weight is 242 g/mol. The molecule has 0 radical (unpaired) electrons. The van der Waals surface area contributed by atoms with E-state index in [1.165, 1.54) is 0 Å². The van der Waals surface area contributed by atoms with Gasteiger partial charge in [-0.05, 0) is 11.5 Å². The van der Waals surface area contributed by atoms with Crippen molar-refractivity contribution in [2.24, 2.45) is 0 Å². The highest BCUT2D eigenvalue weighted by Crippen LogP contribution is 2.35. The molecule has 0 aliphatic rings. The van der Waals surface area contributed by atoms with Crippen molar-refractivity contribution in [3.63, 3.8) is 0 Å². The molecule has 4 heteroatoms. The number of halogens is 1. The first-order valence-electron chi connectivity index (χ1n) is 4.06. The van der Waals surface area contributed by atoms with Gasteiger partial charge in [-0.1, -0.05) is 36.4 Å². The number of hydrogen-bond acceptors (Lipinski definition) is 2. The third kappa shape index (κ3) is 2.03.